The quantitative estimate of drug-likeness (QED) is 0.530. The number of nitrogens with zero attached hydrogens (tertiary/aromatic N) is 1. The number of hydrogen-bond donors (Lipinski definition) is 0. The highest BCUT2D eigenvalue weighted by Gasteiger charge is 2.30. The SMILES string of the molecule is CC(C)(C)N=P(Br)(Br)C(C)(C)C. The third-order valence-electron chi connectivity index (χ3n) is 1.23. The second kappa shape index (κ2) is 3.74. The highest BCUT2D eigenvalue weighted by atomic mass is 79.9. The smallest absolute Gasteiger partial charge is 0.0985 e. The van der Waals surface area contributed by atoms with Gasteiger partial charge >= 0.3 is 0 Å². The zero-order valence-corrected chi connectivity index (χ0v) is 12.7. The van der Waals surface area contributed by atoms with Crippen molar-refractivity contribution in [1.29, 1.82) is 0 Å². The molecule has 74 valence electrons. The maximum atomic E-state index is 4.76. The van der Waals surface area contributed by atoms with Gasteiger partial charge in [-0.05, 0) is 51.7 Å². The van der Waals surface area contributed by atoms with Crippen molar-refractivity contribution in [3.05, 3.63) is 0 Å². The van der Waals surface area contributed by atoms with Crippen molar-refractivity contribution in [3.63, 3.8) is 0 Å². The van der Waals surface area contributed by atoms with E-state index >= 15 is 0 Å². The molecule has 0 radical (unpaired) electrons. The van der Waals surface area contributed by atoms with Crippen LogP contribution in [0.15, 0.2) is 4.74 Å². The van der Waals surface area contributed by atoms with Crippen LogP contribution in [-0.2, 0) is 0 Å². The summed E-state index contributed by atoms with van der Waals surface area (Å²) in [5, 5.41) is 0.181. The molecule has 0 aliphatic heterocycles. The first-order valence-corrected chi connectivity index (χ1v) is 9.76. The lowest BCUT2D eigenvalue weighted by Crippen LogP contribution is -2.14. The van der Waals surface area contributed by atoms with Crippen LogP contribution in [0.25, 0.3) is 0 Å². The zero-order chi connectivity index (χ0) is 10.2. The average molecular weight is 319 g/mol. The Labute approximate surface area is 92.2 Å². The minimum absolute atomic E-state index is 0.0219. The van der Waals surface area contributed by atoms with Crippen molar-refractivity contribution in [1.82, 2.24) is 0 Å². The van der Waals surface area contributed by atoms with Crippen LogP contribution < -0.4 is 0 Å². The molecule has 0 N–H and O–H groups in total. The summed E-state index contributed by atoms with van der Waals surface area (Å²) in [6.45, 7) is 12.9. The molecule has 0 bridgehead atoms. The van der Waals surface area contributed by atoms with Crippen molar-refractivity contribution >= 4 is 35.4 Å². The van der Waals surface area contributed by atoms with E-state index in [1.54, 1.807) is 0 Å². The predicted octanol–water partition coefficient (Wildman–Crippen LogP) is 5.40. The Morgan fingerprint density at radius 2 is 1.25 bits per heavy atom. The molecule has 0 aromatic carbocycles. The second-order valence-corrected chi connectivity index (χ2v) is 16.4. The standard InChI is InChI=1S/C8H18Br2NP/c1-7(2,3)11-12(9,10)8(4,5)6/h1-6H3. The minimum Gasteiger partial charge on any atom is -0.275 e. The van der Waals surface area contributed by atoms with Crippen molar-refractivity contribution in [2.45, 2.75) is 52.2 Å². The summed E-state index contributed by atoms with van der Waals surface area (Å²) in [7, 11) is 0. The van der Waals surface area contributed by atoms with Crippen molar-refractivity contribution in [2.24, 2.45) is 4.74 Å². The molecule has 0 aliphatic carbocycles. The van der Waals surface area contributed by atoms with Crippen molar-refractivity contribution < 1.29 is 0 Å². The van der Waals surface area contributed by atoms with E-state index < -0.39 is 4.46 Å². The Bertz CT molecular complexity index is 204. The van der Waals surface area contributed by atoms with Crippen molar-refractivity contribution in [2.75, 3.05) is 0 Å². The van der Waals surface area contributed by atoms with E-state index in [1.165, 1.54) is 0 Å². The van der Waals surface area contributed by atoms with Gasteiger partial charge in [0.1, 0.15) is 0 Å². The summed E-state index contributed by atoms with van der Waals surface area (Å²) in [6.07, 6.45) is 0. The molecule has 0 aromatic heterocycles. The van der Waals surface area contributed by atoms with Gasteiger partial charge in [-0.3, -0.25) is 4.74 Å². The molecule has 0 saturated carbocycles. The maximum absolute atomic E-state index is 4.76. The van der Waals surface area contributed by atoms with Crippen LogP contribution in [0.3, 0.4) is 0 Å². The molecule has 0 amide bonds. The lowest BCUT2D eigenvalue weighted by atomic mass is 10.1. The van der Waals surface area contributed by atoms with Gasteiger partial charge in [0, 0.05) is 5.16 Å². The van der Waals surface area contributed by atoms with E-state index in [9.17, 15) is 0 Å². The number of hydrogen-bond acceptors (Lipinski definition) is 1. The highest BCUT2D eigenvalue weighted by Crippen LogP contribution is 2.74. The Morgan fingerprint density at radius 1 is 0.917 bits per heavy atom. The molecule has 0 atom stereocenters. The van der Waals surface area contributed by atoms with E-state index in [4.69, 9.17) is 4.74 Å². The van der Waals surface area contributed by atoms with Gasteiger partial charge in [0.25, 0.3) is 0 Å². The molecule has 0 heterocycles. The molecule has 0 fully saturated rings. The first-order valence-electron chi connectivity index (χ1n) is 3.99. The van der Waals surface area contributed by atoms with Gasteiger partial charge in [-0.2, -0.15) is 0 Å². The first-order chi connectivity index (χ1) is 4.96. The highest BCUT2D eigenvalue weighted by molar-refractivity contribution is 9.71. The van der Waals surface area contributed by atoms with Gasteiger partial charge in [0.2, 0.25) is 0 Å². The van der Waals surface area contributed by atoms with E-state index in [1.807, 2.05) is 0 Å². The molecule has 0 rings (SSSR count). The lowest BCUT2D eigenvalue weighted by molar-refractivity contribution is 0.588. The third kappa shape index (κ3) is 4.43. The van der Waals surface area contributed by atoms with Crippen LogP contribution >= 0.6 is 35.4 Å². The Hall–Kier alpha value is 1.19. The molecule has 4 heteroatoms. The average Bonchev–Trinajstić information content (AvgIpc) is 1.52. The van der Waals surface area contributed by atoms with Crippen LogP contribution in [0.2, 0.25) is 0 Å². The van der Waals surface area contributed by atoms with E-state index in [0.29, 0.717) is 0 Å². The Kier molecular flexibility index (Phi) is 4.12. The fourth-order valence-corrected chi connectivity index (χ4v) is 4.44. The third-order valence-corrected chi connectivity index (χ3v) is 11.0. The maximum Gasteiger partial charge on any atom is 0.0985 e. The molecule has 0 aliphatic rings. The Morgan fingerprint density at radius 3 is 1.33 bits per heavy atom. The predicted molar refractivity (Wildman–Crippen MR) is 66.7 cm³/mol. The molecule has 0 aromatic rings. The summed E-state index contributed by atoms with van der Waals surface area (Å²) in [4.78, 5) is 0. The number of halogens is 2. The number of rotatable bonds is 0. The van der Waals surface area contributed by atoms with Gasteiger partial charge in [0.05, 0.1) is 10.00 Å². The minimum atomic E-state index is -1.50. The first kappa shape index (κ1) is 13.2. The fraction of sp³-hybridized carbons (Fsp3) is 1.00. The normalized spacial score (nSPS) is 14.7. The van der Waals surface area contributed by atoms with E-state index in [-0.39, 0.29) is 10.7 Å². The zero-order valence-electron chi connectivity index (χ0n) is 8.65. The van der Waals surface area contributed by atoms with Crippen LogP contribution in [0, 0.1) is 0 Å². The summed E-state index contributed by atoms with van der Waals surface area (Å²) in [6, 6.07) is 0. The van der Waals surface area contributed by atoms with Gasteiger partial charge in [-0.25, -0.2) is 0 Å². The largest absolute Gasteiger partial charge is 0.275 e. The molecule has 0 saturated heterocycles. The van der Waals surface area contributed by atoms with Gasteiger partial charge in [-0.1, -0.05) is 20.8 Å². The van der Waals surface area contributed by atoms with Gasteiger partial charge in [0.15, 0.2) is 0 Å². The molecule has 0 spiro atoms. The fourth-order valence-electron chi connectivity index (χ4n) is 0.527. The monoisotopic (exact) mass is 317 g/mol. The topological polar surface area (TPSA) is 12.4 Å². The summed E-state index contributed by atoms with van der Waals surface area (Å²) in [5.41, 5.74) is 0.0219. The van der Waals surface area contributed by atoms with E-state index in [2.05, 4.69) is 72.5 Å². The Balaban J connectivity index is 4.99. The summed E-state index contributed by atoms with van der Waals surface area (Å²) < 4.78 is 3.26. The second-order valence-electron chi connectivity index (χ2n) is 4.93. The summed E-state index contributed by atoms with van der Waals surface area (Å²) >= 11 is 7.40. The molecule has 12 heavy (non-hydrogen) atoms. The van der Waals surface area contributed by atoms with Gasteiger partial charge < -0.3 is 0 Å². The summed E-state index contributed by atoms with van der Waals surface area (Å²) in [5.74, 6) is 0. The van der Waals surface area contributed by atoms with Crippen LogP contribution in [-0.4, -0.2) is 10.7 Å². The molecule has 0 unspecified atom stereocenters. The van der Waals surface area contributed by atoms with Gasteiger partial charge in [-0.15, -0.1) is 0 Å². The molecule has 1 nitrogen and oxygen atoms in total. The van der Waals surface area contributed by atoms with Crippen LogP contribution in [0.5, 0.6) is 0 Å². The van der Waals surface area contributed by atoms with Crippen LogP contribution in [0.1, 0.15) is 41.5 Å². The van der Waals surface area contributed by atoms with E-state index in [0.717, 1.165) is 0 Å². The molecular formula is C8H18Br2NP. The van der Waals surface area contributed by atoms with Crippen molar-refractivity contribution in [3.8, 4) is 0 Å². The lowest BCUT2D eigenvalue weighted by Gasteiger charge is -2.29. The van der Waals surface area contributed by atoms with Crippen LogP contribution in [0.4, 0.5) is 0 Å². The molecular weight excluding hydrogens is 301 g/mol.